The summed E-state index contributed by atoms with van der Waals surface area (Å²) >= 11 is 0. The lowest BCUT2D eigenvalue weighted by Gasteiger charge is -2.16. The number of benzene rings is 2. The highest BCUT2D eigenvalue weighted by Gasteiger charge is 2.19. The van der Waals surface area contributed by atoms with Crippen molar-refractivity contribution in [2.45, 2.75) is 12.5 Å². The predicted octanol–water partition coefficient (Wildman–Crippen LogP) is 2.28. The Labute approximate surface area is 112 Å². The summed E-state index contributed by atoms with van der Waals surface area (Å²) in [6, 6.07) is 13.4. The van der Waals surface area contributed by atoms with Gasteiger partial charge in [-0.3, -0.25) is 0 Å². The van der Waals surface area contributed by atoms with Crippen molar-refractivity contribution >= 4 is 16.7 Å². The molecule has 1 unspecified atom stereocenters. The van der Waals surface area contributed by atoms with E-state index in [2.05, 4.69) is 5.32 Å². The van der Waals surface area contributed by atoms with Crippen molar-refractivity contribution in [3.05, 3.63) is 42.5 Å². The molecule has 0 bridgehead atoms. The molecule has 0 aliphatic rings. The Balaban J connectivity index is 2.26. The molecule has 19 heavy (non-hydrogen) atoms. The Morgan fingerprint density at radius 3 is 2.74 bits per heavy atom. The summed E-state index contributed by atoms with van der Waals surface area (Å²) in [5, 5.41) is 14.1. The van der Waals surface area contributed by atoms with Gasteiger partial charge < -0.3 is 15.2 Å². The zero-order chi connectivity index (χ0) is 13.7. The molecule has 0 aliphatic heterocycles. The van der Waals surface area contributed by atoms with Gasteiger partial charge in [0.05, 0.1) is 0 Å². The highest BCUT2D eigenvalue weighted by molar-refractivity contribution is 5.88. The number of ether oxygens (including phenoxy) is 1. The first-order valence-electron chi connectivity index (χ1n) is 6.24. The molecule has 4 heteroatoms. The summed E-state index contributed by atoms with van der Waals surface area (Å²) in [7, 11) is 1.79. The standard InChI is InChI=1S/C15H17NO3/c1-16-10-9-14(15(17)18)19-13-8-4-6-11-5-2-3-7-12(11)13/h2-8,14,16H,9-10H2,1H3,(H,17,18). The quantitative estimate of drug-likeness (QED) is 0.835. The van der Waals surface area contributed by atoms with Gasteiger partial charge in [0.15, 0.2) is 6.10 Å². The minimum absolute atomic E-state index is 0.426. The summed E-state index contributed by atoms with van der Waals surface area (Å²) < 4.78 is 5.65. The van der Waals surface area contributed by atoms with Gasteiger partial charge in [-0.05, 0) is 25.0 Å². The third kappa shape index (κ3) is 3.23. The zero-order valence-electron chi connectivity index (χ0n) is 10.8. The van der Waals surface area contributed by atoms with Crippen molar-refractivity contribution in [3.63, 3.8) is 0 Å². The minimum atomic E-state index is -0.941. The maximum Gasteiger partial charge on any atom is 0.344 e. The maximum absolute atomic E-state index is 11.2. The molecule has 2 N–H and O–H groups in total. The number of carboxylic acids is 1. The number of hydrogen-bond acceptors (Lipinski definition) is 3. The van der Waals surface area contributed by atoms with Gasteiger partial charge in [0.1, 0.15) is 5.75 Å². The summed E-state index contributed by atoms with van der Waals surface area (Å²) in [5.74, 6) is -0.329. The maximum atomic E-state index is 11.2. The molecule has 4 nitrogen and oxygen atoms in total. The lowest BCUT2D eigenvalue weighted by atomic mass is 10.1. The summed E-state index contributed by atoms with van der Waals surface area (Å²) in [6.45, 7) is 0.599. The zero-order valence-corrected chi connectivity index (χ0v) is 10.8. The Morgan fingerprint density at radius 1 is 1.26 bits per heavy atom. The van der Waals surface area contributed by atoms with Crippen molar-refractivity contribution in [2.75, 3.05) is 13.6 Å². The number of hydrogen-bond donors (Lipinski definition) is 2. The number of nitrogens with one attached hydrogen (secondary N) is 1. The number of carboxylic acid groups (broad SMARTS) is 1. The molecule has 0 saturated carbocycles. The van der Waals surface area contributed by atoms with Crippen LogP contribution in [0, 0.1) is 0 Å². The van der Waals surface area contributed by atoms with E-state index in [-0.39, 0.29) is 0 Å². The predicted molar refractivity (Wildman–Crippen MR) is 74.5 cm³/mol. The van der Waals surface area contributed by atoms with Gasteiger partial charge in [-0.15, -0.1) is 0 Å². The van der Waals surface area contributed by atoms with Gasteiger partial charge in [0, 0.05) is 11.8 Å². The molecule has 2 aromatic rings. The molecule has 0 heterocycles. The number of carbonyl (C=O) groups is 1. The van der Waals surface area contributed by atoms with Crippen LogP contribution in [0.4, 0.5) is 0 Å². The second-order valence-corrected chi connectivity index (χ2v) is 4.31. The van der Waals surface area contributed by atoms with Crippen LogP contribution in [0.1, 0.15) is 6.42 Å². The van der Waals surface area contributed by atoms with Crippen molar-refractivity contribution in [1.82, 2.24) is 5.32 Å². The summed E-state index contributed by atoms with van der Waals surface area (Å²) in [5.41, 5.74) is 0. The number of aliphatic carboxylic acids is 1. The summed E-state index contributed by atoms with van der Waals surface area (Å²) in [6.07, 6.45) is -0.409. The largest absolute Gasteiger partial charge is 0.479 e. The molecule has 0 fully saturated rings. The minimum Gasteiger partial charge on any atom is -0.479 e. The van der Waals surface area contributed by atoms with Crippen LogP contribution in [0.15, 0.2) is 42.5 Å². The van der Waals surface area contributed by atoms with Crippen LogP contribution < -0.4 is 10.1 Å². The monoisotopic (exact) mass is 259 g/mol. The van der Waals surface area contributed by atoms with Crippen molar-refractivity contribution in [1.29, 1.82) is 0 Å². The first-order chi connectivity index (χ1) is 9.22. The molecule has 0 saturated heterocycles. The van der Waals surface area contributed by atoms with E-state index >= 15 is 0 Å². The van der Waals surface area contributed by atoms with Crippen LogP contribution in [0.25, 0.3) is 10.8 Å². The molecule has 0 amide bonds. The van der Waals surface area contributed by atoms with E-state index in [1.54, 1.807) is 13.1 Å². The highest BCUT2D eigenvalue weighted by atomic mass is 16.5. The molecule has 2 rings (SSSR count). The van der Waals surface area contributed by atoms with Crippen LogP contribution >= 0.6 is 0 Å². The molecule has 0 aliphatic carbocycles. The first kappa shape index (κ1) is 13.4. The van der Waals surface area contributed by atoms with E-state index in [4.69, 9.17) is 4.74 Å². The molecule has 1 atom stereocenters. The third-order valence-corrected chi connectivity index (χ3v) is 2.95. The fourth-order valence-electron chi connectivity index (χ4n) is 1.96. The van der Waals surface area contributed by atoms with E-state index in [1.807, 2.05) is 36.4 Å². The van der Waals surface area contributed by atoms with E-state index in [0.29, 0.717) is 18.7 Å². The van der Waals surface area contributed by atoms with Crippen LogP contribution in [-0.2, 0) is 4.79 Å². The SMILES string of the molecule is CNCCC(Oc1cccc2ccccc12)C(=O)O. The first-order valence-corrected chi connectivity index (χ1v) is 6.24. The van der Waals surface area contributed by atoms with Crippen molar-refractivity contribution in [3.8, 4) is 5.75 Å². The Kier molecular flexibility index (Phi) is 4.36. The van der Waals surface area contributed by atoms with Crippen LogP contribution in [0.5, 0.6) is 5.75 Å². The van der Waals surface area contributed by atoms with Crippen molar-refractivity contribution in [2.24, 2.45) is 0 Å². The third-order valence-electron chi connectivity index (χ3n) is 2.95. The van der Waals surface area contributed by atoms with E-state index in [9.17, 15) is 9.90 Å². The molecule has 100 valence electrons. The normalized spacial score (nSPS) is 12.3. The molecule has 0 spiro atoms. The van der Waals surface area contributed by atoms with Crippen molar-refractivity contribution < 1.29 is 14.6 Å². The lowest BCUT2D eigenvalue weighted by molar-refractivity contribution is -0.145. The molecule has 0 radical (unpaired) electrons. The fourth-order valence-corrected chi connectivity index (χ4v) is 1.96. The number of fused-ring (bicyclic) bond motifs is 1. The van der Waals surface area contributed by atoms with Gasteiger partial charge in [-0.25, -0.2) is 4.79 Å². The fraction of sp³-hybridized carbons (Fsp3) is 0.267. The Bertz CT molecular complexity index is 563. The Hall–Kier alpha value is -2.07. The average molecular weight is 259 g/mol. The molecular formula is C15H17NO3. The van der Waals surface area contributed by atoms with Crippen LogP contribution in [0.3, 0.4) is 0 Å². The van der Waals surface area contributed by atoms with Crippen LogP contribution in [-0.4, -0.2) is 30.8 Å². The van der Waals surface area contributed by atoms with Gasteiger partial charge in [-0.2, -0.15) is 0 Å². The molecule has 0 aromatic heterocycles. The average Bonchev–Trinajstić information content (AvgIpc) is 2.43. The Morgan fingerprint density at radius 2 is 2.00 bits per heavy atom. The van der Waals surface area contributed by atoms with E-state index in [0.717, 1.165) is 10.8 Å². The second kappa shape index (κ2) is 6.20. The van der Waals surface area contributed by atoms with Gasteiger partial charge in [-0.1, -0.05) is 36.4 Å². The van der Waals surface area contributed by atoms with Gasteiger partial charge in [0.2, 0.25) is 0 Å². The number of rotatable bonds is 6. The van der Waals surface area contributed by atoms with Crippen LogP contribution in [0.2, 0.25) is 0 Å². The summed E-state index contributed by atoms with van der Waals surface area (Å²) in [4.78, 5) is 11.2. The smallest absolute Gasteiger partial charge is 0.344 e. The van der Waals surface area contributed by atoms with E-state index in [1.165, 1.54) is 0 Å². The highest BCUT2D eigenvalue weighted by Crippen LogP contribution is 2.26. The van der Waals surface area contributed by atoms with E-state index < -0.39 is 12.1 Å². The second-order valence-electron chi connectivity index (χ2n) is 4.31. The molecule has 2 aromatic carbocycles. The topological polar surface area (TPSA) is 58.6 Å². The lowest BCUT2D eigenvalue weighted by Crippen LogP contribution is -2.30. The van der Waals surface area contributed by atoms with Gasteiger partial charge >= 0.3 is 5.97 Å². The molecular weight excluding hydrogens is 242 g/mol. The van der Waals surface area contributed by atoms with Gasteiger partial charge in [0.25, 0.3) is 0 Å².